The fourth-order valence-corrected chi connectivity index (χ4v) is 1.27. The van der Waals surface area contributed by atoms with Gasteiger partial charge in [0.05, 0.1) is 0 Å². The van der Waals surface area contributed by atoms with E-state index < -0.39 is 6.09 Å². The summed E-state index contributed by atoms with van der Waals surface area (Å²) in [5, 5.41) is 5.48. The molecule has 2 N–H and O–H groups in total. The fraction of sp³-hybridized carbons (Fsp3) is 0.308. The van der Waals surface area contributed by atoms with Gasteiger partial charge in [-0.05, 0) is 19.4 Å². The van der Waals surface area contributed by atoms with E-state index in [4.69, 9.17) is 4.74 Å². The van der Waals surface area contributed by atoms with Gasteiger partial charge >= 0.3 is 6.09 Å². The standard InChI is InChI=1S/C13H18N2O2/c1-10(2)14-11(3)15-13(16)17-9-12-7-5-4-6-8-12/h4-8,10,14H,3,9H2,1-2H3,(H,15,16). The van der Waals surface area contributed by atoms with Gasteiger partial charge in [0.25, 0.3) is 0 Å². The Labute approximate surface area is 102 Å². The second-order valence-corrected chi connectivity index (χ2v) is 3.96. The molecule has 0 saturated heterocycles. The van der Waals surface area contributed by atoms with Crippen LogP contribution < -0.4 is 10.6 Å². The predicted octanol–water partition coefficient (Wildman–Crippen LogP) is 2.38. The molecule has 0 aliphatic carbocycles. The zero-order valence-electron chi connectivity index (χ0n) is 10.2. The molecule has 0 aliphatic rings. The molecule has 1 aromatic rings. The van der Waals surface area contributed by atoms with Crippen molar-refractivity contribution in [3.8, 4) is 0 Å². The molecule has 0 aliphatic heterocycles. The van der Waals surface area contributed by atoms with E-state index in [0.717, 1.165) is 5.56 Å². The van der Waals surface area contributed by atoms with Gasteiger partial charge in [0, 0.05) is 6.04 Å². The smallest absolute Gasteiger partial charge is 0.413 e. The Morgan fingerprint density at radius 1 is 1.35 bits per heavy atom. The number of alkyl carbamates (subject to hydrolysis) is 1. The molecule has 0 bridgehead atoms. The number of benzene rings is 1. The van der Waals surface area contributed by atoms with Crippen LogP contribution in [0, 0.1) is 0 Å². The van der Waals surface area contributed by atoms with Crippen LogP contribution in [0.25, 0.3) is 0 Å². The first-order chi connectivity index (χ1) is 8.08. The average molecular weight is 234 g/mol. The van der Waals surface area contributed by atoms with Gasteiger partial charge in [-0.15, -0.1) is 0 Å². The van der Waals surface area contributed by atoms with Gasteiger partial charge in [-0.2, -0.15) is 0 Å². The van der Waals surface area contributed by atoms with E-state index in [1.807, 2.05) is 44.2 Å². The van der Waals surface area contributed by atoms with Crippen LogP contribution >= 0.6 is 0 Å². The SMILES string of the molecule is C=C(NC(=O)OCc1ccccc1)NC(C)C. The van der Waals surface area contributed by atoms with Gasteiger partial charge in [-0.1, -0.05) is 36.9 Å². The third-order valence-corrected chi connectivity index (χ3v) is 1.93. The molecule has 1 aromatic carbocycles. The van der Waals surface area contributed by atoms with Crippen molar-refractivity contribution < 1.29 is 9.53 Å². The number of carbonyl (C=O) groups excluding carboxylic acids is 1. The summed E-state index contributed by atoms with van der Waals surface area (Å²) in [4.78, 5) is 11.4. The summed E-state index contributed by atoms with van der Waals surface area (Å²) in [5.74, 6) is 0.443. The molecule has 0 saturated carbocycles. The highest BCUT2D eigenvalue weighted by molar-refractivity contribution is 5.69. The third-order valence-electron chi connectivity index (χ3n) is 1.93. The number of ether oxygens (including phenoxy) is 1. The van der Waals surface area contributed by atoms with Crippen molar-refractivity contribution in [3.05, 3.63) is 48.3 Å². The molecule has 92 valence electrons. The lowest BCUT2D eigenvalue weighted by atomic mass is 10.2. The Kier molecular flexibility index (Phi) is 5.07. The monoisotopic (exact) mass is 234 g/mol. The minimum absolute atomic E-state index is 0.219. The van der Waals surface area contributed by atoms with Crippen molar-refractivity contribution in [1.82, 2.24) is 10.6 Å². The van der Waals surface area contributed by atoms with E-state index in [1.165, 1.54) is 0 Å². The Morgan fingerprint density at radius 3 is 2.59 bits per heavy atom. The van der Waals surface area contributed by atoms with Crippen LogP contribution in [0.15, 0.2) is 42.7 Å². The first kappa shape index (κ1) is 13.1. The van der Waals surface area contributed by atoms with Crippen molar-refractivity contribution in [3.63, 3.8) is 0 Å². The predicted molar refractivity (Wildman–Crippen MR) is 67.2 cm³/mol. The van der Waals surface area contributed by atoms with E-state index >= 15 is 0 Å². The van der Waals surface area contributed by atoms with Crippen molar-refractivity contribution in [2.75, 3.05) is 0 Å². The summed E-state index contributed by atoms with van der Waals surface area (Å²) in [6.45, 7) is 7.84. The fourth-order valence-electron chi connectivity index (χ4n) is 1.27. The van der Waals surface area contributed by atoms with Gasteiger partial charge in [-0.25, -0.2) is 4.79 Å². The van der Waals surface area contributed by atoms with Crippen LogP contribution in [0.3, 0.4) is 0 Å². The summed E-state index contributed by atoms with van der Waals surface area (Å²) in [7, 11) is 0. The van der Waals surface area contributed by atoms with Crippen molar-refractivity contribution >= 4 is 6.09 Å². The van der Waals surface area contributed by atoms with E-state index in [9.17, 15) is 4.79 Å². The Morgan fingerprint density at radius 2 is 2.00 bits per heavy atom. The lowest BCUT2D eigenvalue weighted by Crippen LogP contribution is -2.34. The Bertz CT molecular complexity index is 374. The normalized spacial score (nSPS) is 9.82. The molecule has 0 spiro atoms. The van der Waals surface area contributed by atoms with Crippen LogP contribution in [-0.2, 0) is 11.3 Å². The molecule has 0 fully saturated rings. The molecule has 0 aromatic heterocycles. The lowest BCUT2D eigenvalue weighted by Gasteiger charge is -2.13. The molecule has 0 atom stereocenters. The van der Waals surface area contributed by atoms with E-state index in [2.05, 4.69) is 17.2 Å². The van der Waals surface area contributed by atoms with Crippen molar-refractivity contribution in [2.24, 2.45) is 0 Å². The van der Waals surface area contributed by atoms with Crippen LogP contribution in [-0.4, -0.2) is 12.1 Å². The third kappa shape index (κ3) is 5.61. The first-order valence-electron chi connectivity index (χ1n) is 5.51. The molecule has 0 radical (unpaired) electrons. The second kappa shape index (κ2) is 6.58. The molecular formula is C13H18N2O2. The molecule has 0 heterocycles. The largest absolute Gasteiger partial charge is 0.444 e. The number of hydrogen-bond acceptors (Lipinski definition) is 3. The second-order valence-electron chi connectivity index (χ2n) is 3.96. The summed E-state index contributed by atoms with van der Waals surface area (Å²) < 4.78 is 5.03. The molecule has 17 heavy (non-hydrogen) atoms. The maximum Gasteiger partial charge on any atom is 0.413 e. The van der Waals surface area contributed by atoms with E-state index in [1.54, 1.807) is 0 Å². The average Bonchev–Trinajstić information content (AvgIpc) is 2.26. The number of carbonyl (C=O) groups is 1. The van der Waals surface area contributed by atoms with Crippen LogP contribution in [0.2, 0.25) is 0 Å². The topological polar surface area (TPSA) is 50.4 Å². The molecule has 1 amide bonds. The van der Waals surface area contributed by atoms with Crippen LogP contribution in [0.5, 0.6) is 0 Å². The first-order valence-corrected chi connectivity index (χ1v) is 5.51. The highest BCUT2D eigenvalue weighted by atomic mass is 16.5. The number of rotatable bonds is 5. The molecule has 4 heteroatoms. The maximum atomic E-state index is 11.4. The van der Waals surface area contributed by atoms with Gasteiger partial charge in [-0.3, -0.25) is 5.32 Å². The van der Waals surface area contributed by atoms with Gasteiger partial charge in [0.15, 0.2) is 0 Å². The Hall–Kier alpha value is -1.97. The molecule has 1 rings (SSSR count). The van der Waals surface area contributed by atoms with E-state index in [-0.39, 0.29) is 12.6 Å². The highest BCUT2D eigenvalue weighted by Crippen LogP contribution is 2.00. The molecule has 4 nitrogen and oxygen atoms in total. The van der Waals surface area contributed by atoms with Gasteiger partial charge < -0.3 is 10.1 Å². The maximum absolute atomic E-state index is 11.4. The van der Waals surface area contributed by atoms with Crippen LogP contribution in [0.4, 0.5) is 4.79 Å². The zero-order valence-corrected chi connectivity index (χ0v) is 10.2. The summed E-state index contributed by atoms with van der Waals surface area (Å²) in [6, 6.07) is 9.73. The van der Waals surface area contributed by atoms with Crippen LogP contribution in [0.1, 0.15) is 19.4 Å². The zero-order chi connectivity index (χ0) is 12.7. The molecular weight excluding hydrogens is 216 g/mol. The Balaban J connectivity index is 2.28. The number of amides is 1. The van der Waals surface area contributed by atoms with Crippen molar-refractivity contribution in [2.45, 2.75) is 26.5 Å². The highest BCUT2D eigenvalue weighted by Gasteiger charge is 2.04. The number of nitrogens with one attached hydrogen (secondary N) is 2. The number of hydrogen-bond donors (Lipinski definition) is 2. The summed E-state index contributed by atoms with van der Waals surface area (Å²) in [6.07, 6.45) is -0.507. The van der Waals surface area contributed by atoms with Gasteiger partial charge in [0.2, 0.25) is 0 Å². The lowest BCUT2D eigenvalue weighted by molar-refractivity contribution is 0.142. The minimum Gasteiger partial charge on any atom is -0.444 e. The quantitative estimate of drug-likeness (QED) is 0.822. The summed E-state index contributed by atoms with van der Waals surface area (Å²) >= 11 is 0. The minimum atomic E-state index is -0.507. The molecule has 0 unspecified atom stereocenters. The van der Waals surface area contributed by atoms with Gasteiger partial charge in [0.1, 0.15) is 12.4 Å². The summed E-state index contributed by atoms with van der Waals surface area (Å²) in [5.41, 5.74) is 0.949. The van der Waals surface area contributed by atoms with E-state index in [0.29, 0.717) is 5.82 Å². The van der Waals surface area contributed by atoms with Crippen molar-refractivity contribution in [1.29, 1.82) is 0 Å².